The van der Waals surface area contributed by atoms with Crippen LogP contribution in [0.2, 0.25) is 0 Å². The van der Waals surface area contributed by atoms with Crippen molar-refractivity contribution in [2.45, 2.75) is 39.2 Å². The smallest absolute Gasteiger partial charge is 0.191 e. The lowest BCUT2D eigenvalue weighted by Crippen LogP contribution is -2.53. The number of hydrogen-bond donors (Lipinski definition) is 2. The minimum atomic E-state index is 0. The Kier molecular flexibility index (Phi) is 15.1. The van der Waals surface area contributed by atoms with Gasteiger partial charge in [-0.2, -0.15) is 0 Å². The highest BCUT2D eigenvalue weighted by Crippen LogP contribution is 2.19. The summed E-state index contributed by atoms with van der Waals surface area (Å²) >= 11 is 0. The standard InChI is InChI=1S/C17H36N4O2.HI/c1-5-15(6-2)16(21-9-12-23-13-10-21)14-20-17(18-3)19-8-7-11-22-4;/h15-16H,5-14H2,1-4H3,(H2,18,19,20);1H. The molecule has 0 radical (unpaired) electrons. The highest BCUT2D eigenvalue weighted by Gasteiger charge is 2.26. The van der Waals surface area contributed by atoms with E-state index in [-0.39, 0.29) is 24.0 Å². The van der Waals surface area contributed by atoms with Gasteiger partial charge in [-0.05, 0) is 12.3 Å². The van der Waals surface area contributed by atoms with Crippen LogP contribution in [0.15, 0.2) is 4.99 Å². The Morgan fingerprint density at radius 3 is 2.42 bits per heavy atom. The number of guanidine groups is 1. The Morgan fingerprint density at radius 2 is 1.88 bits per heavy atom. The zero-order valence-electron chi connectivity index (χ0n) is 15.8. The fraction of sp³-hybridized carbons (Fsp3) is 0.941. The molecule has 0 aliphatic carbocycles. The maximum absolute atomic E-state index is 5.51. The van der Waals surface area contributed by atoms with Gasteiger partial charge in [0, 0.05) is 53.0 Å². The predicted octanol–water partition coefficient (Wildman–Crippen LogP) is 1.94. The van der Waals surface area contributed by atoms with Gasteiger partial charge in [0.25, 0.3) is 0 Å². The number of aliphatic imine (C=N–C) groups is 1. The van der Waals surface area contributed by atoms with E-state index in [9.17, 15) is 0 Å². The van der Waals surface area contributed by atoms with Gasteiger partial charge in [-0.25, -0.2) is 0 Å². The molecule has 144 valence electrons. The number of morpholine rings is 1. The van der Waals surface area contributed by atoms with E-state index in [2.05, 4.69) is 34.4 Å². The molecule has 0 aromatic carbocycles. The fourth-order valence-electron chi connectivity index (χ4n) is 3.18. The summed E-state index contributed by atoms with van der Waals surface area (Å²) in [5, 5.41) is 6.86. The van der Waals surface area contributed by atoms with E-state index in [0.29, 0.717) is 12.0 Å². The van der Waals surface area contributed by atoms with Gasteiger partial charge >= 0.3 is 0 Å². The third-order valence-corrected chi connectivity index (χ3v) is 4.63. The number of ether oxygens (including phenoxy) is 2. The number of hydrogen-bond acceptors (Lipinski definition) is 4. The second-order valence-electron chi connectivity index (χ2n) is 6.02. The molecule has 0 bridgehead atoms. The van der Waals surface area contributed by atoms with Gasteiger partial charge in [0.15, 0.2) is 5.96 Å². The van der Waals surface area contributed by atoms with Crippen LogP contribution >= 0.6 is 24.0 Å². The maximum atomic E-state index is 5.51. The van der Waals surface area contributed by atoms with Gasteiger partial charge in [-0.3, -0.25) is 9.89 Å². The van der Waals surface area contributed by atoms with E-state index in [1.54, 1.807) is 7.11 Å². The van der Waals surface area contributed by atoms with Gasteiger partial charge in [0.1, 0.15) is 0 Å². The van der Waals surface area contributed by atoms with Crippen LogP contribution in [0.25, 0.3) is 0 Å². The third-order valence-electron chi connectivity index (χ3n) is 4.63. The van der Waals surface area contributed by atoms with Crippen molar-refractivity contribution in [1.82, 2.24) is 15.5 Å². The van der Waals surface area contributed by atoms with Crippen LogP contribution in [-0.2, 0) is 9.47 Å². The summed E-state index contributed by atoms with van der Waals surface area (Å²) in [7, 11) is 3.56. The van der Waals surface area contributed by atoms with Crippen LogP contribution in [0.4, 0.5) is 0 Å². The molecule has 1 heterocycles. The summed E-state index contributed by atoms with van der Waals surface area (Å²) < 4.78 is 10.6. The van der Waals surface area contributed by atoms with Crippen LogP contribution in [0, 0.1) is 5.92 Å². The first kappa shape index (κ1) is 23.9. The van der Waals surface area contributed by atoms with Gasteiger partial charge in [-0.1, -0.05) is 26.7 Å². The molecule has 1 aliphatic heterocycles. The Balaban J connectivity index is 0.00000529. The second kappa shape index (κ2) is 15.2. The Hall–Kier alpha value is -0.120. The molecule has 1 unspecified atom stereocenters. The van der Waals surface area contributed by atoms with Crippen LogP contribution in [0.3, 0.4) is 0 Å². The predicted molar refractivity (Wildman–Crippen MR) is 112 cm³/mol. The van der Waals surface area contributed by atoms with E-state index in [4.69, 9.17) is 9.47 Å². The van der Waals surface area contributed by atoms with Gasteiger partial charge < -0.3 is 20.1 Å². The summed E-state index contributed by atoms with van der Waals surface area (Å²) in [6, 6.07) is 0.534. The SMILES string of the molecule is CCC(CC)C(CNC(=NC)NCCCOC)N1CCOCC1.I. The van der Waals surface area contributed by atoms with Crippen LogP contribution in [-0.4, -0.2) is 77.1 Å². The Morgan fingerprint density at radius 1 is 1.21 bits per heavy atom. The molecule has 1 saturated heterocycles. The van der Waals surface area contributed by atoms with Crippen molar-refractivity contribution in [3.63, 3.8) is 0 Å². The summed E-state index contributed by atoms with van der Waals surface area (Å²) in [5.41, 5.74) is 0. The highest BCUT2D eigenvalue weighted by molar-refractivity contribution is 14.0. The normalized spacial score (nSPS) is 17.5. The zero-order chi connectivity index (χ0) is 16.9. The number of halogens is 1. The molecule has 1 aliphatic rings. The van der Waals surface area contributed by atoms with E-state index >= 15 is 0 Å². The van der Waals surface area contributed by atoms with Crippen molar-refractivity contribution in [2.24, 2.45) is 10.9 Å². The molecule has 1 fully saturated rings. The minimum Gasteiger partial charge on any atom is -0.385 e. The summed E-state index contributed by atoms with van der Waals surface area (Å²) in [5.74, 6) is 1.58. The Bertz CT molecular complexity index is 322. The summed E-state index contributed by atoms with van der Waals surface area (Å²) in [6.45, 7) is 10.9. The van der Waals surface area contributed by atoms with E-state index < -0.39 is 0 Å². The molecule has 0 aromatic rings. The molecule has 6 nitrogen and oxygen atoms in total. The minimum absolute atomic E-state index is 0. The van der Waals surface area contributed by atoms with Crippen LogP contribution in [0.5, 0.6) is 0 Å². The average molecular weight is 456 g/mol. The zero-order valence-corrected chi connectivity index (χ0v) is 18.2. The average Bonchev–Trinajstić information content (AvgIpc) is 2.61. The monoisotopic (exact) mass is 456 g/mol. The van der Waals surface area contributed by atoms with Gasteiger partial charge in [0.05, 0.1) is 13.2 Å². The summed E-state index contributed by atoms with van der Waals surface area (Å²) in [6.07, 6.45) is 3.40. The van der Waals surface area contributed by atoms with Gasteiger partial charge in [-0.15, -0.1) is 24.0 Å². The van der Waals surface area contributed by atoms with Crippen LogP contribution < -0.4 is 10.6 Å². The lowest BCUT2D eigenvalue weighted by atomic mass is 9.92. The van der Waals surface area contributed by atoms with Crippen molar-refractivity contribution < 1.29 is 9.47 Å². The molecule has 24 heavy (non-hydrogen) atoms. The van der Waals surface area contributed by atoms with Crippen LogP contribution in [0.1, 0.15) is 33.1 Å². The van der Waals surface area contributed by atoms with Crippen molar-refractivity contribution in [3.8, 4) is 0 Å². The lowest BCUT2D eigenvalue weighted by Gasteiger charge is -2.39. The highest BCUT2D eigenvalue weighted by atomic mass is 127. The fourth-order valence-corrected chi connectivity index (χ4v) is 3.18. The number of rotatable bonds is 10. The molecule has 0 saturated carbocycles. The quantitative estimate of drug-likeness (QED) is 0.228. The molecule has 0 spiro atoms. The van der Waals surface area contributed by atoms with Crippen molar-refractivity contribution >= 4 is 29.9 Å². The first-order valence-corrected chi connectivity index (χ1v) is 9.02. The Labute approximate surface area is 165 Å². The summed E-state index contributed by atoms with van der Waals surface area (Å²) in [4.78, 5) is 6.90. The lowest BCUT2D eigenvalue weighted by molar-refractivity contribution is 0.00272. The first-order valence-electron chi connectivity index (χ1n) is 9.02. The van der Waals surface area contributed by atoms with Crippen molar-refractivity contribution in [2.75, 3.05) is 60.2 Å². The van der Waals surface area contributed by atoms with Crippen molar-refractivity contribution in [3.05, 3.63) is 0 Å². The first-order chi connectivity index (χ1) is 11.3. The topological polar surface area (TPSA) is 58.1 Å². The molecule has 1 rings (SSSR count). The molecule has 0 amide bonds. The molecule has 7 heteroatoms. The molecule has 2 N–H and O–H groups in total. The van der Waals surface area contributed by atoms with E-state index in [0.717, 1.165) is 58.4 Å². The second-order valence-corrected chi connectivity index (χ2v) is 6.02. The van der Waals surface area contributed by atoms with Crippen molar-refractivity contribution in [1.29, 1.82) is 0 Å². The van der Waals surface area contributed by atoms with Gasteiger partial charge in [0.2, 0.25) is 0 Å². The maximum Gasteiger partial charge on any atom is 0.191 e. The van der Waals surface area contributed by atoms with E-state index in [1.807, 2.05) is 7.05 Å². The largest absolute Gasteiger partial charge is 0.385 e. The number of nitrogens with zero attached hydrogens (tertiary/aromatic N) is 2. The molecular weight excluding hydrogens is 419 g/mol. The molecular formula is C17H37IN4O2. The van der Waals surface area contributed by atoms with E-state index in [1.165, 1.54) is 12.8 Å². The number of methoxy groups -OCH3 is 1. The molecule has 1 atom stereocenters. The number of nitrogens with one attached hydrogen (secondary N) is 2. The molecule has 0 aromatic heterocycles. The third kappa shape index (κ3) is 8.82.